The first-order chi connectivity index (χ1) is 11.1. The van der Waals surface area contributed by atoms with E-state index < -0.39 is 6.10 Å². The molecule has 1 aromatic carbocycles. The van der Waals surface area contributed by atoms with Gasteiger partial charge in [-0.3, -0.25) is 0 Å². The summed E-state index contributed by atoms with van der Waals surface area (Å²) in [6.07, 6.45) is 4.85. The average molecular weight is 316 g/mol. The van der Waals surface area contributed by atoms with Gasteiger partial charge in [0.2, 0.25) is 0 Å². The van der Waals surface area contributed by atoms with Crippen molar-refractivity contribution in [1.82, 2.24) is 15.1 Å². The lowest BCUT2D eigenvalue weighted by Gasteiger charge is -2.20. The molecule has 0 saturated carbocycles. The number of urea groups is 1. The fourth-order valence-corrected chi connectivity index (χ4v) is 2.49. The lowest BCUT2D eigenvalue weighted by Crippen LogP contribution is -2.38. The number of aliphatic hydroxyl groups is 1. The van der Waals surface area contributed by atoms with Crippen LogP contribution in [0.2, 0.25) is 0 Å². The van der Waals surface area contributed by atoms with Crippen LogP contribution in [0.4, 0.5) is 10.5 Å². The van der Waals surface area contributed by atoms with Gasteiger partial charge in [-0.2, -0.15) is 5.10 Å². The van der Waals surface area contributed by atoms with Gasteiger partial charge >= 0.3 is 6.03 Å². The molecule has 1 atom stereocenters. The molecule has 2 rings (SSSR count). The van der Waals surface area contributed by atoms with Crippen molar-refractivity contribution in [3.63, 3.8) is 0 Å². The van der Waals surface area contributed by atoms with Crippen LogP contribution in [0.5, 0.6) is 0 Å². The number of nitrogens with one attached hydrogen (secondary N) is 2. The second-order valence-corrected chi connectivity index (χ2v) is 5.48. The standard InChI is InChI=1S/C17H24N4O2/c1-3-13(4-2)16(22)12-18-17(23)20-14-6-8-15(9-7-14)21-11-5-10-19-21/h5-11,13,16,22H,3-4,12H2,1-2H3,(H2,18,20,23). The quantitative estimate of drug-likeness (QED) is 0.735. The van der Waals surface area contributed by atoms with Crippen LogP contribution >= 0.6 is 0 Å². The number of hydrogen-bond acceptors (Lipinski definition) is 3. The molecule has 6 heteroatoms. The minimum Gasteiger partial charge on any atom is -0.391 e. The molecule has 1 aromatic heterocycles. The van der Waals surface area contributed by atoms with Crippen LogP contribution in [0.3, 0.4) is 0 Å². The van der Waals surface area contributed by atoms with Crippen molar-refractivity contribution < 1.29 is 9.90 Å². The molecule has 23 heavy (non-hydrogen) atoms. The Hall–Kier alpha value is -2.34. The summed E-state index contributed by atoms with van der Waals surface area (Å²) in [6.45, 7) is 4.33. The maximum Gasteiger partial charge on any atom is 0.319 e. The molecule has 0 fully saturated rings. The first-order valence-corrected chi connectivity index (χ1v) is 7.97. The summed E-state index contributed by atoms with van der Waals surface area (Å²) in [4.78, 5) is 11.9. The molecule has 0 bridgehead atoms. The second kappa shape index (κ2) is 8.33. The molecule has 124 valence electrons. The molecule has 0 saturated heterocycles. The van der Waals surface area contributed by atoms with Gasteiger partial charge in [-0.05, 0) is 36.2 Å². The van der Waals surface area contributed by atoms with Crippen molar-refractivity contribution in [2.45, 2.75) is 32.8 Å². The molecule has 1 heterocycles. The van der Waals surface area contributed by atoms with E-state index in [0.29, 0.717) is 5.69 Å². The Balaban J connectivity index is 1.83. The van der Waals surface area contributed by atoms with Crippen LogP contribution in [0, 0.1) is 5.92 Å². The van der Waals surface area contributed by atoms with Gasteiger partial charge < -0.3 is 15.7 Å². The first kappa shape index (κ1) is 17.0. The molecule has 0 spiro atoms. The summed E-state index contributed by atoms with van der Waals surface area (Å²) in [5.41, 5.74) is 1.61. The van der Waals surface area contributed by atoms with E-state index in [1.807, 2.05) is 50.4 Å². The molecule has 0 aliphatic rings. The molecule has 2 aromatic rings. The number of anilines is 1. The molecule has 0 radical (unpaired) electrons. The fourth-order valence-electron chi connectivity index (χ4n) is 2.49. The molecule has 2 amide bonds. The van der Waals surface area contributed by atoms with E-state index in [0.717, 1.165) is 18.5 Å². The summed E-state index contributed by atoms with van der Waals surface area (Å²) in [5.74, 6) is 0.212. The highest BCUT2D eigenvalue weighted by Crippen LogP contribution is 2.13. The largest absolute Gasteiger partial charge is 0.391 e. The van der Waals surface area contributed by atoms with Gasteiger partial charge in [0.05, 0.1) is 11.8 Å². The summed E-state index contributed by atoms with van der Waals surface area (Å²) in [7, 11) is 0. The number of aromatic nitrogens is 2. The number of aliphatic hydroxyl groups excluding tert-OH is 1. The third kappa shape index (κ3) is 4.82. The van der Waals surface area contributed by atoms with E-state index in [2.05, 4.69) is 15.7 Å². The van der Waals surface area contributed by atoms with Gasteiger partial charge in [0, 0.05) is 24.6 Å². The van der Waals surface area contributed by atoms with E-state index in [1.54, 1.807) is 10.9 Å². The van der Waals surface area contributed by atoms with E-state index in [9.17, 15) is 9.90 Å². The predicted molar refractivity (Wildman–Crippen MR) is 90.7 cm³/mol. The van der Waals surface area contributed by atoms with Gasteiger partial charge in [-0.15, -0.1) is 0 Å². The number of benzene rings is 1. The molecule has 0 aliphatic carbocycles. The number of rotatable bonds is 7. The maximum atomic E-state index is 11.9. The lowest BCUT2D eigenvalue weighted by atomic mass is 9.97. The van der Waals surface area contributed by atoms with Crippen LogP contribution in [0.15, 0.2) is 42.7 Å². The van der Waals surface area contributed by atoms with E-state index in [-0.39, 0.29) is 18.5 Å². The number of hydrogen-bond donors (Lipinski definition) is 3. The zero-order valence-electron chi connectivity index (χ0n) is 13.6. The predicted octanol–water partition coefficient (Wildman–Crippen LogP) is 2.79. The van der Waals surface area contributed by atoms with Crippen molar-refractivity contribution in [2.75, 3.05) is 11.9 Å². The highest BCUT2D eigenvalue weighted by molar-refractivity contribution is 5.89. The summed E-state index contributed by atoms with van der Waals surface area (Å²) in [5, 5.41) is 19.6. The van der Waals surface area contributed by atoms with Crippen LogP contribution in [-0.4, -0.2) is 33.6 Å². The van der Waals surface area contributed by atoms with Crippen LogP contribution in [-0.2, 0) is 0 Å². The van der Waals surface area contributed by atoms with Crippen LogP contribution < -0.4 is 10.6 Å². The molecule has 0 aliphatic heterocycles. The Bertz CT molecular complexity index is 592. The highest BCUT2D eigenvalue weighted by Gasteiger charge is 2.16. The average Bonchev–Trinajstić information content (AvgIpc) is 3.09. The number of amides is 2. The third-order valence-electron chi connectivity index (χ3n) is 3.96. The monoisotopic (exact) mass is 316 g/mol. The van der Waals surface area contributed by atoms with E-state index in [4.69, 9.17) is 0 Å². The van der Waals surface area contributed by atoms with Crippen molar-refractivity contribution in [1.29, 1.82) is 0 Å². The minimum atomic E-state index is -0.516. The second-order valence-electron chi connectivity index (χ2n) is 5.48. The summed E-state index contributed by atoms with van der Waals surface area (Å²) >= 11 is 0. The molecule has 1 unspecified atom stereocenters. The van der Waals surface area contributed by atoms with E-state index in [1.165, 1.54) is 0 Å². The number of carbonyl (C=O) groups is 1. The van der Waals surface area contributed by atoms with Crippen LogP contribution in [0.1, 0.15) is 26.7 Å². The zero-order chi connectivity index (χ0) is 16.7. The van der Waals surface area contributed by atoms with Gasteiger partial charge in [0.25, 0.3) is 0 Å². The molecular weight excluding hydrogens is 292 g/mol. The SMILES string of the molecule is CCC(CC)C(O)CNC(=O)Nc1ccc(-n2cccn2)cc1. The topological polar surface area (TPSA) is 79.2 Å². The van der Waals surface area contributed by atoms with Crippen molar-refractivity contribution >= 4 is 11.7 Å². The summed E-state index contributed by atoms with van der Waals surface area (Å²) < 4.78 is 1.75. The van der Waals surface area contributed by atoms with Gasteiger partial charge in [0.15, 0.2) is 0 Å². The Morgan fingerprint density at radius 3 is 2.52 bits per heavy atom. The third-order valence-corrected chi connectivity index (χ3v) is 3.96. The molecule has 6 nitrogen and oxygen atoms in total. The first-order valence-electron chi connectivity index (χ1n) is 7.97. The minimum absolute atomic E-state index is 0.212. The fraction of sp³-hybridized carbons (Fsp3) is 0.412. The Morgan fingerprint density at radius 2 is 1.96 bits per heavy atom. The molecule has 3 N–H and O–H groups in total. The number of carbonyl (C=O) groups excluding carboxylic acids is 1. The van der Waals surface area contributed by atoms with Crippen molar-refractivity contribution in [3.8, 4) is 5.69 Å². The van der Waals surface area contributed by atoms with E-state index >= 15 is 0 Å². The smallest absolute Gasteiger partial charge is 0.319 e. The van der Waals surface area contributed by atoms with Gasteiger partial charge in [-0.1, -0.05) is 26.7 Å². The van der Waals surface area contributed by atoms with Crippen molar-refractivity contribution in [2.24, 2.45) is 5.92 Å². The molecular formula is C17H24N4O2. The maximum absolute atomic E-state index is 11.9. The normalized spacial score (nSPS) is 12.2. The Morgan fingerprint density at radius 1 is 1.26 bits per heavy atom. The Kier molecular flexibility index (Phi) is 6.17. The highest BCUT2D eigenvalue weighted by atomic mass is 16.3. The van der Waals surface area contributed by atoms with Gasteiger partial charge in [0.1, 0.15) is 0 Å². The lowest BCUT2D eigenvalue weighted by molar-refractivity contribution is 0.104. The zero-order valence-corrected chi connectivity index (χ0v) is 13.6. The van der Waals surface area contributed by atoms with Crippen LogP contribution in [0.25, 0.3) is 5.69 Å². The number of nitrogens with zero attached hydrogens (tertiary/aromatic N) is 2. The summed E-state index contributed by atoms with van der Waals surface area (Å²) in [6, 6.07) is 8.91. The Labute approximate surface area is 136 Å². The van der Waals surface area contributed by atoms with Crippen molar-refractivity contribution in [3.05, 3.63) is 42.7 Å². The van der Waals surface area contributed by atoms with Gasteiger partial charge in [-0.25, -0.2) is 9.48 Å².